The van der Waals surface area contributed by atoms with Gasteiger partial charge in [-0.1, -0.05) is 6.07 Å². The van der Waals surface area contributed by atoms with E-state index < -0.39 is 0 Å². The predicted octanol–water partition coefficient (Wildman–Crippen LogP) is 2.02. The maximum atomic E-state index is 5.57. The molecule has 158 valence electrons. The summed E-state index contributed by atoms with van der Waals surface area (Å²) >= 11 is 0. The fourth-order valence-corrected chi connectivity index (χ4v) is 4.14. The van der Waals surface area contributed by atoms with E-state index in [1.807, 2.05) is 12.1 Å². The van der Waals surface area contributed by atoms with Gasteiger partial charge in [0.2, 0.25) is 12.7 Å². The summed E-state index contributed by atoms with van der Waals surface area (Å²) in [6, 6.07) is 8.18. The molecule has 1 aliphatic carbocycles. The summed E-state index contributed by atoms with van der Waals surface area (Å²) in [5.74, 6) is 3.50. The summed E-state index contributed by atoms with van der Waals surface area (Å²) in [6.07, 6.45) is 5.92. The molecule has 1 aromatic heterocycles. The van der Waals surface area contributed by atoms with Crippen molar-refractivity contribution in [1.29, 1.82) is 0 Å². The lowest BCUT2D eigenvalue weighted by atomic mass is 9.96. The first kappa shape index (κ1) is 19.0. The molecule has 1 saturated carbocycles. The van der Waals surface area contributed by atoms with Crippen LogP contribution < -0.4 is 19.7 Å². The van der Waals surface area contributed by atoms with Crippen LogP contribution in [0.15, 0.2) is 41.7 Å². The number of aromatic nitrogens is 2. The second kappa shape index (κ2) is 8.01. The van der Waals surface area contributed by atoms with Crippen molar-refractivity contribution >= 4 is 11.9 Å². The zero-order valence-corrected chi connectivity index (χ0v) is 17.4. The maximum absolute atomic E-state index is 5.57. The van der Waals surface area contributed by atoms with E-state index in [2.05, 4.69) is 44.1 Å². The average Bonchev–Trinajstić information content (AvgIpc) is 3.45. The van der Waals surface area contributed by atoms with Crippen molar-refractivity contribution in [2.45, 2.75) is 25.2 Å². The van der Waals surface area contributed by atoms with E-state index in [0.29, 0.717) is 6.79 Å². The smallest absolute Gasteiger partial charge is 0.231 e. The third-order valence-corrected chi connectivity index (χ3v) is 6.12. The number of hydrogen-bond acceptors (Lipinski definition) is 6. The van der Waals surface area contributed by atoms with Gasteiger partial charge in [0.1, 0.15) is 0 Å². The van der Waals surface area contributed by atoms with Gasteiger partial charge in [0.05, 0.1) is 6.54 Å². The minimum absolute atomic E-state index is 0.126. The molecule has 30 heavy (non-hydrogen) atoms. The Balaban J connectivity index is 1.26. The van der Waals surface area contributed by atoms with E-state index in [1.54, 1.807) is 12.4 Å². The van der Waals surface area contributed by atoms with Gasteiger partial charge in [-0.3, -0.25) is 4.99 Å². The monoisotopic (exact) mass is 408 g/mol. The van der Waals surface area contributed by atoms with Crippen LogP contribution in [0.25, 0.3) is 0 Å². The summed E-state index contributed by atoms with van der Waals surface area (Å²) in [6.45, 7) is 7.67. The molecule has 1 aromatic carbocycles. The molecular weight excluding hydrogens is 380 g/mol. The summed E-state index contributed by atoms with van der Waals surface area (Å²) in [4.78, 5) is 18.4. The predicted molar refractivity (Wildman–Crippen MR) is 115 cm³/mol. The van der Waals surface area contributed by atoms with E-state index in [9.17, 15) is 0 Å². The molecule has 2 aromatic rings. The number of nitrogens with one attached hydrogen (secondary N) is 1. The zero-order chi connectivity index (χ0) is 20.4. The number of benzene rings is 1. The molecule has 2 aliphatic heterocycles. The van der Waals surface area contributed by atoms with Crippen molar-refractivity contribution in [2.24, 2.45) is 4.99 Å². The quantitative estimate of drug-likeness (QED) is 0.599. The molecule has 8 nitrogen and oxygen atoms in total. The second-order valence-corrected chi connectivity index (χ2v) is 8.04. The molecule has 1 N–H and O–H groups in total. The van der Waals surface area contributed by atoms with Crippen molar-refractivity contribution < 1.29 is 9.47 Å². The van der Waals surface area contributed by atoms with Gasteiger partial charge in [-0.25, -0.2) is 9.97 Å². The van der Waals surface area contributed by atoms with Crippen LogP contribution in [0.4, 0.5) is 5.95 Å². The van der Waals surface area contributed by atoms with Gasteiger partial charge in [-0.15, -0.1) is 0 Å². The van der Waals surface area contributed by atoms with E-state index >= 15 is 0 Å². The minimum Gasteiger partial charge on any atom is -0.454 e. The van der Waals surface area contributed by atoms with Gasteiger partial charge < -0.3 is 24.6 Å². The third-order valence-electron chi connectivity index (χ3n) is 6.12. The number of anilines is 1. The highest BCUT2D eigenvalue weighted by molar-refractivity contribution is 5.80. The maximum Gasteiger partial charge on any atom is 0.231 e. The van der Waals surface area contributed by atoms with Crippen molar-refractivity contribution in [3.05, 3.63) is 42.2 Å². The molecule has 8 heteroatoms. The minimum atomic E-state index is 0.126. The Morgan fingerprint density at radius 2 is 1.87 bits per heavy atom. The van der Waals surface area contributed by atoms with Crippen molar-refractivity contribution in [3.63, 3.8) is 0 Å². The standard InChI is InChI=1S/C22H28N6O2/c1-2-23-20(27-10-12-28(13-11-27)21-24-8-3-9-25-21)26-15-22(6-7-22)17-4-5-18-19(14-17)30-16-29-18/h3-5,8-9,14H,2,6-7,10-13,15-16H2,1H3,(H,23,26). The summed E-state index contributed by atoms with van der Waals surface area (Å²) in [5, 5.41) is 3.48. The number of nitrogens with zero attached hydrogens (tertiary/aromatic N) is 5. The molecule has 0 bridgehead atoms. The van der Waals surface area contributed by atoms with Crippen LogP contribution in [0, 0.1) is 0 Å². The molecular formula is C22H28N6O2. The Morgan fingerprint density at radius 3 is 2.60 bits per heavy atom. The molecule has 5 rings (SSSR count). The van der Waals surface area contributed by atoms with Gasteiger partial charge in [0.15, 0.2) is 17.5 Å². The Kier molecular flexibility index (Phi) is 5.06. The third kappa shape index (κ3) is 3.74. The topological polar surface area (TPSA) is 75.1 Å². The Bertz CT molecular complexity index is 907. The first-order chi connectivity index (χ1) is 14.8. The molecule has 3 heterocycles. The van der Waals surface area contributed by atoms with Crippen molar-refractivity contribution in [2.75, 3.05) is 51.0 Å². The van der Waals surface area contributed by atoms with E-state index in [1.165, 1.54) is 5.56 Å². The molecule has 0 spiro atoms. The van der Waals surface area contributed by atoms with Gasteiger partial charge in [-0.05, 0) is 43.5 Å². The fourth-order valence-electron chi connectivity index (χ4n) is 4.14. The number of ether oxygens (including phenoxy) is 2. The van der Waals surface area contributed by atoms with Gasteiger partial charge in [0, 0.05) is 50.5 Å². The number of hydrogen-bond donors (Lipinski definition) is 1. The number of rotatable bonds is 5. The van der Waals surface area contributed by atoms with E-state index in [0.717, 1.165) is 75.5 Å². The van der Waals surface area contributed by atoms with Crippen molar-refractivity contribution in [1.82, 2.24) is 20.2 Å². The van der Waals surface area contributed by atoms with Gasteiger partial charge in [0.25, 0.3) is 0 Å². The largest absolute Gasteiger partial charge is 0.454 e. The molecule has 2 fully saturated rings. The van der Waals surface area contributed by atoms with E-state index in [4.69, 9.17) is 14.5 Å². The Morgan fingerprint density at radius 1 is 1.10 bits per heavy atom. The van der Waals surface area contributed by atoms with Crippen LogP contribution in [0.3, 0.4) is 0 Å². The van der Waals surface area contributed by atoms with Crippen LogP contribution in [-0.2, 0) is 5.41 Å². The van der Waals surface area contributed by atoms with E-state index in [-0.39, 0.29) is 5.41 Å². The van der Waals surface area contributed by atoms with Crippen LogP contribution in [0.5, 0.6) is 11.5 Å². The lowest BCUT2D eigenvalue weighted by molar-refractivity contribution is 0.174. The van der Waals surface area contributed by atoms with Gasteiger partial charge >= 0.3 is 0 Å². The Hall–Kier alpha value is -3.03. The fraction of sp³-hybridized carbons (Fsp3) is 0.500. The number of piperazine rings is 1. The summed E-state index contributed by atoms with van der Waals surface area (Å²) < 4.78 is 11.0. The zero-order valence-electron chi connectivity index (χ0n) is 17.4. The second-order valence-electron chi connectivity index (χ2n) is 8.04. The molecule has 0 radical (unpaired) electrons. The number of aliphatic imine (C=N–C) groups is 1. The first-order valence-corrected chi connectivity index (χ1v) is 10.7. The highest BCUT2D eigenvalue weighted by Gasteiger charge is 2.45. The van der Waals surface area contributed by atoms with Crippen LogP contribution >= 0.6 is 0 Å². The molecule has 1 saturated heterocycles. The lowest BCUT2D eigenvalue weighted by Gasteiger charge is -2.36. The molecule has 0 amide bonds. The number of guanidine groups is 1. The van der Waals surface area contributed by atoms with Gasteiger partial charge in [-0.2, -0.15) is 0 Å². The summed E-state index contributed by atoms with van der Waals surface area (Å²) in [7, 11) is 0. The lowest BCUT2D eigenvalue weighted by Crippen LogP contribution is -2.53. The van der Waals surface area contributed by atoms with Crippen molar-refractivity contribution in [3.8, 4) is 11.5 Å². The molecule has 3 aliphatic rings. The van der Waals surface area contributed by atoms with Crippen LogP contribution in [0.2, 0.25) is 0 Å². The molecule has 0 atom stereocenters. The highest BCUT2D eigenvalue weighted by Crippen LogP contribution is 2.50. The Labute approximate surface area is 176 Å². The normalized spacial score (nSPS) is 19.7. The van der Waals surface area contributed by atoms with Crippen LogP contribution in [-0.4, -0.2) is 66.9 Å². The first-order valence-electron chi connectivity index (χ1n) is 10.7. The van der Waals surface area contributed by atoms with Crippen LogP contribution in [0.1, 0.15) is 25.3 Å². The molecule has 0 unspecified atom stereocenters. The number of fused-ring (bicyclic) bond motifs is 1. The summed E-state index contributed by atoms with van der Waals surface area (Å²) in [5.41, 5.74) is 1.43. The highest BCUT2D eigenvalue weighted by atomic mass is 16.7. The average molecular weight is 409 g/mol. The SMILES string of the molecule is CCNC(=NCC1(c2ccc3c(c2)OCO3)CC1)N1CCN(c2ncccn2)CC1.